The third-order valence-electron chi connectivity index (χ3n) is 8.36. The van der Waals surface area contributed by atoms with Crippen LogP contribution in [0.15, 0.2) is 35.7 Å². The Balaban J connectivity index is 1.19. The zero-order valence-corrected chi connectivity index (χ0v) is 24.0. The summed E-state index contributed by atoms with van der Waals surface area (Å²) in [5, 5.41) is 3.26. The molecule has 1 unspecified atom stereocenters. The van der Waals surface area contributed by atoms with Crippen molar-refractivity contribution in [3.8, 4) is 11.1 Å². The second-order valence-electron chi connectivity index (χ2n) is 11.2. The number of nitrogens with zero attached hydrogens (tertiary/aromatic N) is 5. The molecule has 0 saturated carbocycles. The number of anilines is 2. The van der Waals surface area contributed by atoms with Gasteiger partial charge in [0.1, 0.15) is 10.6 Å². The average Bonchev–Trinajstić information content (AvgIpc) is 3.66. The first-order chi connectivity index (χ1) is 19.6. The van der Waals surface area contributed by atoms with Crippen molar-refractivity contribution >= 4 is 39.2 Å². The van der Waals surface area contributed by atoms with Gasteiger partial charge in [-0.3, -0.25) is 4.79 Å². The van der Waals surface area contributed by atoms with Gasteiger partial charge in [0.25, 0.3) is 0 Å². The molecule has 0 radical (unpaired) electrons. The highest BCUT2D eigenvalue weighted by Crippen LogP contribution is 2.40. The number of hydrogen-bond donors (Lipinski definition) is 1. The Hall–Kier alpha value is -2.79. The Bertz CT molecular complexity index is 1270. The smallest absolute Gasteiger partial charge is 0.228 e. The van der Waals surface area contributed by atoms with E-state index in [2.05, 4.69) is 44.3 Å². The maximum Gasteiger partial charge on any atom is 0.228 e. The number of aromatic nitrogens is 2. The minimum absolute atomic E-state index is 0.209. The summed E-state index contributed by atoms with van der Waals surface area (Å²) in [6.45, 7) is 8.86. The van der Waals surface area contributed by atoms with Crippen molar-refractivity contribution in [3.05, 3.63) is 35.7 Å². The van der Waals surface area contributed by atoms with Crippen molar-refractivity contribution in [3.63, 3.8) is 0 Å². The number of ether oxygens (including phenoxy) is 2. The summed E-state index contributed by atoms with van der Waals surface area (Å²) >= 11 is 1.67. The molecule has 1 amide bonds. The molecule has 3 fully saturated rings. The fraction of sp³-hybridized carbons (Fsp3) is 0.567. The van der Waals surface area contributed by atoms with E-state index in [9.17, 15) is 4.79 Å². The van der Waals surface area contributed by atoms with Gasteiger partial charge in [0.05, 0.1) is 31.1 Å². The number of amides is 1. The highest BCUT2D eigenvalue weighted by molar-refractivity contribution is 7.17. The topological polar surface area (TPSA) is 97.1 Å². The molecule has 5 heterocycles. The zero-order chi connectivity index (χ0) is 27.3. The zero-order valence-electron chi connectivity index (χ0n) is 23.2. The van der Waals surface area contributed by atoms with E-state index in [-0.39, 0.29) is 18.4 Å². The number of likely N-dealkylation sites (tertiary alicyclic amines) is 1. The molecule has 40 heavy (non-hydrogen) atoms. The third kappa shape index (κ3) is 6.40. The average molecular weight is 565 g/mol. The van der Waals surface area contributed by atoms with Gasteiger partial charge >= 0.3 is 0 Å². The maximum atomic E-state index is 11.6. The molecule has 3 aromatic rings. The van der Waals surface area contributed by atoms with Crippen LogP contribution in [0.4, 0.5) is 11.8 Å². The van der Waals surface area contributed by atoms with Gasteiger partial charge in [-0.1, -0.05) is 30.3 Å². The SMILES string of the molecule is NC(=O)CC1CN(c2nc(N3CCC(COCCN4CCCC4)CC3)nc3scc(-c4ccccc4)c23)CCO1. The minimum Gasteiger partial charge on any atom is -0.380 e. The lowest BCUT2D eigenvalue weighted by Gasteiger charge is -2.35. The molecule has 0 spiro atoms. The van der Waals surface area contributed by atoms with Crippen LogP contribution >= 0.6 is 11.3 Å². The molecule has 0 aliphatic carbocycles. The quantitative estimate of drug-likeness (QED) is 0.372. The summed E-state index contributed by atoms with van der Waals surface area (Å²) in [6.07, 6.45) is 4.79. The van der Waals surface area contributed by atoms with Crippen molar-refractivity contribution in [1.29, 1.82) is 0 Å². The number of hydrogen-bond acceptors (Lipinski definition) is 9. The van der Waals surface area contributed by atoms with E-state index in [1.165, 1.54) is 25.9 Å². The maximum absolute atomic E-state index is 11.6. The highest BCUT2D eigenvalue weighted by atomic mass is 32.1. The predicted molar refractivity (Wildman–Crippen MR) is 160 cm³/mol. The largest absolute Gasteiger partial charge is 0.380 e. The lowest BCUT2D eigenvalue weighted by Crippen LogP contribution is -2.44. The van der Waals surface area contributed by atoms with Crippen LogP contribution in [0.25, 0.3) is 21.3 Å². The first-order valence-corrected chi connectivity index (χ1v) is 15.6. The Morgan fingerprint density at radius 2 is 1.85 bits per heavy atom. The molecule has 6 rings (SSSR count). The molecule has 1 aromatic carbocycles. The number of piperidine rings is 1. The summed E-state index contributed by atoms with van der Waals surface area (Å²) in [5.74, 6) is 1.95. The highest BCUT2D eigenvalue weighted by Gasteiger charge is 2.29. The van der Waals surface area contributed by atoms with Crippen molar-refractivity contribution in [1.82, 2.24) is 14.9 Å². The summed E-state index contributed by atoms with van der Waals surface area (Å²) in [5.41, 5.74) is 7.80. The molecule has 2 N–H and O–H groups in total. The second kappa shape index (κ2) is 12.8. The Kier molecular flexibility index (Phi) is 8.77. The molecule has 0 bridgehead atoms. The molecule has 3 aliphatic rings. The van der Waals surface area contributed by atoms with Gasteiger partial charge < -0.3 is 29.9 Å². The summed E-state index contributed by atoms with van der Waals surface area (Å²) in [4.78, 5) is 30.0. The van der Waals surface area contributed by atoms with E-state index in [0.29, 0.717) is 25.6 Å². The standard InChI is InChI=1S/C30H40N6O3S/c31-26(37)18-24-19-36(15-17-39-24)28-27-25(23-6-2-1-3-7-23)21-40-29(27)33-30(32-28)35-12-8-22(9-13-35)20-38-16-14-34-10-4-5-11-34/h1-3,6-7,21-22,24H,4-5,8-20H2,(H2,31,37). The van der Waals surface area contributed by atoms with Crippen LogP contribution < -0.4 is 15.5 Å². The van der Waals surface area contributed by atoms with E-state index >= 15 is 0 Å². The van der Waals surface area contributed by atoms with Gasteiger partial charge in [-0.25, -0.2) is 4.98 Å². The number of rotatable bonds is 10. The summed E-state index contributed by atoms with van der Waals surface area (Å²) in [7, 11) is 0. The molecule has 2 aromatic heterocycles. The van der Waals surface area contributed by atoms with Crippen molar-refractivity contribution < 1.29 is 14.3 Å². The Morgan fingerprint density at radius 3 is 2.62 bits per heavy atom. The van der Waals surface area contributed by atoms with Crippen molar-refractivity contribution in [2.24, 2.45) is 11.7 Å². The molecule has 9 nitrogen and oxygen atoms in total. The van der Waals surface area contributed by atoms with E-state index in [4.69, 9.17) is 25.2 Å². The van der Waals surface area contributed by atoms with Crippen LogP contribution in [0.5, 0.6) is 0 Å². The Labute approximate surface area is 240 Å². The normalized spacial score (nSPS) is 20.9. The fourth-order valence-corrected chi connectivity index (χ4v) is 7.06. The molecule has 3 saturated heterocycles. The number of thiophene rings is 1. The van der Waals surface area contributed by atoms with Crippen molar-refractivity contribution in [2.45, 2.75) is 38.2 Å². The number of nitrogens with two attached hydrogens (primary N) is 1. The van der Waals surface area contributed by atoms with E-state index < -0.39 is 0 Å². The molecule has 10 heteroatoms. The minimum atomic E-state index is -0.344. The second-order valence-corrected chi connectivity index (χ2v) is 12.1. The molecule has 3 aliphatic heterocycles. The summed E-state index contributed by atoms with van der Waals surface area (Å²) < 4.78 is 11.9. The van der Waals surface area contributed by atoms with Crippen LogP contribution in [-0.2, 0) is 14.3 Å². The number of carbonyl (C=O) groups is 1. The molecule has 214 valence electrons. The van der Waals surface area contributed by atoms with E-state index in [0.717, 1.165) is 78.8 Å². The fourth-order valence-electron chi connectivity index (χ4n) is 6.12. The van der Waals surface area contributed by atoms with Gasteiger partial charge in [-0.15, -0.1) is 11.3 Å². The number of benzene rings is 1. The van der Waals surface area contributed by atoms with Crippen LogP contribution in [-0.4, -0.2) is 92.5 Å². The van der Waals surface area contributed by atoms with Crippen LogP contribution in [0, 0.1) is 5.92 Å². The summed E-state index contributed by atoms with van der Waals surface area (Å²) in [6, 6.07) is 10.4. The number of fused-ring (bicyclic) bond motifs is 1. The van der Waals surface area contributed by atoms with Gasteiger partial charge in [0.2, 0.25) is 11.9 Å². The molecular formula is C30H40N6O3S. The van der Waals surface area contributed by atoms with E-state index in [1.807, 2.05) is 6.07 Å². The molecular weight excluding hydrogens is 524 g/mol. The lowest BCUT2D eigenvalue weighted by atomic mass is 9.98. The predicted octanol–water partition coefficient (Wildman–Crippen LogP) is 3.77. The number of primary amides is 1. The monoisotopic (exact) mass is 564 g/mol. The van der Waals surface area contributed by atoms with Gasteiger partial charge in [0, 0.05) is 50.3 Å². The van der Waals surface area contributed by atoms with Crippen LogP contribution in [0.1, 0.15) is 32.1 Å². The molecule has 1 atom stereocenters. The lowest BCUT2D eigenvalue weighted by molar-refractivity contribution is -0.121. The van der Waals surface area contributed by atoms with Gasteiger partial charge in [0.15, 0.2) is 0 Å². The first-order valence-electron chi connectivity index (χ1n) is 14.7. The van der Waals surface area contributed by atoms with Gasteiger partial charge in [-0.2, -0.15) is 4.98 Å². The van der Waals surface area contributed by atoms with Crippen LogP contribution in [0.2, 0.25) is 0 Å². The third-order valence-corrected chi connectivity index (χ3v) is 9.23. The van der Waals surface area contributed by atoms with Gasteiger partial charge in [-0.05, 0) is 50.3 Å². The van der Waals surface area contributed by atoms with Crippen molar-refractivity contribution in [2.75, 3.05) is 75.4 Å². The number of carbonyl (C=O) groups excluding carboxylic acids is 1. The Morgan fingerprint density at radius 1 is 1.05 bits per heavy atom. The first kappa shape index (κ1) is 27.4. The number of morpholine rings is 1. The van der Waals surface area contributed by atoms with E-state index in [1.54, 1.807) is 11.3 Å². The van der Waals surface area contributed by atoms with Crippen LogP contribution in [0.3, 0.4) is 0 Å².